The predicted molar refractivity (Wildman–Crippen MR) is 149 cm³/mol. The number of nitrogens with zero attached hydrogens (tertiary/aromatic N) is 2. The Morgan fingerprint density at radius 1 is 0.795 bits per heavy atom. The van der Waals surface area contributed by atoms with E-state index in [0.29, 0.717) is 13.0 Å². The van der Waals surface area contributed by atoms with Gasteiger partial charge in [-0.15, -0.1) is 0 Å². The maximum absolute atomic E-state index is 13.9. The molecule has 6 nitrogen and oxygen atoms in total. The number of imide groups is 1. The van der Waals surface area contributed by atoms with Gasteiger partial charge >= 0.3 is 6.03 Å². The van der Waals surface area contributed by atoms with Gasteiger partial charge in [-0.3, -0.25) is 14.6 Å². The largest absolute Gasteiger partial charge is 0.489 e. The van der Waals surface area contributed by atoms with Crippen LogP contribution in [0.1, 0.15) is 34.0 Å². The monoisotopic (exact) mass is 513 g/mol. The minimum Gasteiger partial charge on any atom is -0.489 e. The zero-order chi connectivity index (χ0) is 26.3. The first-order valence-electron chi connectivity index (χ1n) is 13.2. The molecule has 0 saturated carbocycles. The molecule has 1 fully saturated rings. The van der Waals surface area contributed by atoms with Crippen LogP contribution in [-0.2, 0) is 24.4 Å². The molecule has 3 amide bonds. The third-order valence-corrected chi connectivity index (χ3v) is 7.74. The number of carbonyl (C=O) groups is 2. The van der Waals surface area contributed by atoms with Crippen LogP contribution >= 0.6 is 0 Å². The molecule has 3 heterocycles. The van der Waals surface area contributed by atoms with Crippen molar-refractivity contribution >= 4 is 22.8 Å². The Bertz CT molecular complexity index is 1680. The van der Waals surface area contributed by atoms with Gasteiger partial charge in [-0.25, -0.2) is 4.79 Å². The van der Waals surface area contributed by atoms with E-state index in [1.165, 1.54) is 4.90 Å². The predicted octanol–water partition coefficient (Wildman–Crippen LogP) is 6.23. The van der Waals surface area contributed by atoms with Crippen LogP contribution in [0.5, 0.6) is 5.75 Å². The van der Waals surface area contributed by atoms with Crippen LogP contribution in [0.25, 0.3) is 10.9 Å². The molecule has 1 aromatic heterocycles. The number of benzene rings is 4. The molecule has 0 bridgehead atoms. The Labute approximate surface area is 226 Å². The lowest BCUT2D eigenvalue weighted by Crippen LogP contribution is -2.44. The molecule has 1 saturated heterocycles. The van der Waals surface area contributed by atoms with E-state index in [2.05, 4.69) is 11.1 Å². The number of aromatic nitrogens is 1. The fourth-order valence-electron chi connectivity index (χ4n) is 5.90. The minimum atomic E-state index is -0.563. The highest BCUT2D eigenvalue weighted by atomic mass is 16.5. The van der Waals surface area contributed by atoms with E-state index >= 15 is 0 Å². The summed E-state index contributed by atoms with van der Waals surface area (Å²) >= 11 is 0. The summed E-state index contributed by atoms with van der Waals surface area (Å²) in [5, 5.41) is 1.09. The zero-order valence-electron chi connectivity index (χ0n) is 21.3. The van der Waals surface area contributed by atoms with Crippen molar-refractivity contribution in [2.45, 2.75) is 31.7 Å². The quantitative estimate of drug-likeness (QED) is 0.274. The van der Waals surface area contributed by atoms with Crippen LogP contribution in [0.2, 0.25) is 0 Å². The first kappa shape index (κ1) is 23.3. The molecule has 6 heteroatoms. The number of hydrogen-bond acceptors (Lipinski definition) is 3. The molecule has 2 atom stereocenters. The van der Waals surface area contributed by atoms with Crippen molar-refractivity contribution in [2.75, 3.05) is 0 Å². The minimum absolute atomic E-state index is 0.152. The number of para-hydroxylation sites is 1. The summed E-state index contributed by atoms with van der Waals surface area (Å²) in [6.45, 7) is 0.703. The molecule has 0 unspecified atom stereocenters. The Kier molecular flexibility index (Phi) is 5.66. The van der Waals surface area contributed by atoms with Gasteiger partial charge in [-0.05, 0) is 40.5 Å². The number of ether oxygens (including phenoxy) is 1. The highest BCUT2D eigenvalue weighted by Crippen LogP contribution is 2.44. The molecule has 4 aromatic carbocycles. The highest BCUT2D eigenvalue weighted by Gasteiger charge is 2.52. The number of aromatic amines is 1. The fourth-order valence-corrected chi connectivity index (χ4v) is 5.90. The van der Waals surface area contributed by atoms with Gasteiger partial charge in [-0.2, -0.15) is 0 Å². The van der Waals surface area contributed by atoms with Crippen LogP contribution in [0.15, 0.2) is 109 Å². The number of hydrogen-bond donors (Lipinski definition) is 1. The number of fused-ring (bicyclic) bond motifs is 4. The molecular formula is C33H27N3O3. The van der Waals surface area contributed by atoms with Gasteiger partial charge in [0.1, 0.15) is 24.4 Å². The van der Waals surface area contributed by atoms with E-state index in [-0.39, 0.29) is 18.5 Å². The number of nitrogens with one attached hydrogen (secondary N) is 1. The molecule has 39 heavy (non-hydrogen) atoms. The van der Waals surface area contributed by atoms with Crippen molar-refractivity contribution in [1.82, 2.24) is 14.8 Å². The number of H-pyrrole nitrogens is 1. The summed E-state index contributed by atoms with van der Waals surface area (Å²) in [4.78, 5) is 34.5. The van der Waals surface area contributed by atoms with Gasteiger partial charge in [0.15, 0.2) is 0 Å². The topological polar surface area (TPSA) is 65.6 Å². The van der Waals surface area contributed by atoms with E-state index in [0.717, 1.165) is 44.6 Å². The molecule has 192 valence electrons. The van der Waals surface area contributed by atoms with E-state index in [1.54, 1.807) is 4.90 Å². The second kappa shape index (κ2) is 9.48. The first-order valence-corrected chi connectivity index (χ1v) is 13.2. The maximum Gasteiger partial charge on any atom is 0.328 e. The molecule has 1 N–H and O–H groups in total. The molecule has 2 aliphatic rings. The lowest BCUT2D eigenvalue weighted by atomic mass is 9.89. The first-order chi connectivity index (χ1) is 19.2. The molecular weight excluding hydrogens is 486 g/mol. The summed E-state index contributed by atoms with van der Waals surface area (Å²) in [5.41, 5.74) is 5.96. The summed E-state index contributed by atoms with van der Waals surface area (Å²) in [6.07, 6.45) is 0.482. The Morgan fingerprint density at radius 3 is 2.31 bits per heavy atom. The second-order valence-corrected chi connectivity index (χ2v) is 10.1. The van der Waals surface area contributed by atoms with Crippen molar-refractivity contribution < 1.29 is 14.3 Å². The van der Waals surface area contributed by atoms with Crippen molar-refractivity contribution in [3.8, 4) is 5.75 Å². The molecule has 5 aromatic rings. The summed E-state index contributed by atoms with van der Waals surface area (Å²) < 4.78 is 6.14. The summed E-state index contributed by atoms with van der Waals surface area (Å²) in [5.74, 6) is 0.566. The van der Waals surface area contributed by atoms with Gasteiger partial charge in [0.25, 0.3) is 5.91 Å². The van der Waals surface area contributed by atoms with Gasteiger partial charge < -0.3 is 9.72 Å². The standard InChI is InChI=1S/C33H27N3O3/c37-32-29-19-27-26-16-7-8-17-28(26)34-30(27)31(36(29)33(38)35(32)20-22-10-3-1-4-11-22)24-14-9-15-25(18-24)39-21-23-12-5-2-6-13-23/h1-18,29,31,34H,19-21H2/t29-,31+/m0/s1. The lowest BCUT2D eigenvalue weighted by Gasteiger charge is -2.36. The normalized spacial score (nSPS) is 18.4. The highest BCUT2D eigenvalue weighted by molar-refractivity contribution is 6.05. The number of carbonyl (C=O) groups excluding carboxylic acids is 2. The van der Waals surface area contributed by atoms with Crippen LogP contribution in [-0.4, -0.2) is 32.8 Å². The third-order valence-electron chi connectivity index (χ3n) is 7.74. The lowest BCUT2D eigenvalue weighted by molar-refractivity contribution is -0.129. The fraction of sp³-hybridized carbons (Fsp3) is 0.152. The van der Waals surface area contributed by atoms with Crippen LogP contribution < -0.4 is 4.74 Å². The van der Waals surface area contributed by atoms with Crippen LogP contribution in [0.4, 0.5) is 4.79 Å². The SMILES string of the molecule is O=C1[C@@H]2Cc3c([nH]c4ccccc34)[C@@H](c3cccc(OCc4ccccc4)c3)N2C(=O)N1Cc1ccccc1. The van der Waals surface area contributed by atoms with E-state index in [9.17, 15) is 9.59 Å². The third kappa shape index (κ3) is 4.05. The molecule has 0 spiro atoms. The van der Waals surface area contributed by atoms with E-state index < -0.39 is 12.1 Å². The summed E-state index contributed by atoms with van der Waals surface area (Å²) in [7, 11) is 0. The van der Waals surface area contributed by atoms with E-state index in [1.807, 2.05) is 103 Å². The Morgan fingerprint density at radius 2 is 1.51 bits per heavy atom. The molecule has 2 aliphatic heterocycles. The zero-order valence-corrected chi connectivity index (χ0v) is 21.3. The van der Waals surface area contributed by atoms with Crippen molar-refractivity contribution in [1.29, 1.82) is 0 Å². The van der Waals surface area contributed by atoms with Gasteiger partial charge in [0, 0.05) is 23.0 Å². The van der Waals surface area contributed by atoms with Gasteiger partial charge in [0.05, 0.1) is 6.54 Å². The maximum atomic E-state index is 13.9. The van der Waals surface area contributed by atoms with Crippen molar-refractivity contribution in [2.24, 2.45) is 0 Å². The average Bonchev–Trinajstić information content (AvgIpc) is 3.47. The summed E-state index contributed by atoms with van der Waals surface area (Å²) in [6, 6.07) is 34.4. The van der Waals surface area contributed by atoms with Crippen LogP contribution in [0, 0.1) is 0 Å². The molecule has 0 aliphatic carbocycles. The molecule has 7 rings (SSSR count). The number of rotatable bonds is 6. The second-order valence-electron chi connectivity index (χ2n) is 10.1. The van der Waals surface area contributed by atoms with Crippen LogP contribution in [0.3, 0.4) is 0 Å². The Hall–Kier alpha value is -4.84. The van der Waals surface area contributed by atoms with Gasteiger partial charge in [-0.1, -0.05) is 91.0 Å². The smallest absolute Gasteiger partial charge is 0.328 e. The number of amides is 3. The van der Waals surface area contributed by atoms with Crippen molar-refractivity contribution in [3.05, 3.63) is 137 Å². The van der Waals surface area contributed by atoms with E-state index in [4.69, 9.17) is 4.74 Å². The van der Waals surface area contributed by atoms with Gasteiger partial charge in [0.2, 0.25) is 0 Å². The number of urea groups is 1. The average molecular weight is 514 g/mol. The Balaban J connectivity index is 1.29. The molecule has 0 radical (unpaired) electrons. The van der Waals surface area contributed by atoms with Crippen molar-refractivity contribution in [3.63, 3.8) is 0 Å².